The number of hydrogen-bond donors (Lipinski definition) is 1. The lowest BCUT2D eigenvalue weighted by atomic mass is 9.95. The molecule has 3 aromatic rings. The van der Waals surface area contributed by atoms with E-state index in [1.807, 2.05) is 61.5 Å². The molecule has 6 nitrogen and oxygen atoms in total. The highest BCUT2D eigenvalue weighted by molar-refractivity contribution is 6.46. The van der Waals surface area contributed by atoms with E-state index in [2.05, 4.69) is 6.92 Å². The highest BCUT2D eigenvalue weighted by Crippen LogP contribution is 2.40. The molecule has 1 N–H and O–H groups in total. The maximum absolute atomic E-state index is 13.3. The second kappa shape index (κ2) is 12.3. The van der Waals surface area contributed by atoms with Crippen LogP contribution in [0.3, 0.4) is 0 Å². The molecule has 1 aliphatic heterocycles. The number of aliphatic hydroxyl groups excluding tert-OH is 1. The van der Waals surface area contributed by atoms with Crippen molar-refractivity contribution in [2.24, 2.45) is 0 Å². The van der Waals surface area contributed by atoms with Crippen molar-refractivity contribution < 1.29 is 24.2 Å². The molecule has 1 saturated heterocycles. The Labute approximate surface area is 218 Å². The van der Waals surface area contributed by atoms with Crippen molar-refractivity contribution >= 4 is 17.4 Å². The fourth-order valence-electron chi connectivity index (χ4n) is 4.33. The van der Waals surface area contributed by atoms with E-state index in [1.165, 1.54) is 4.90 Å². The van der Waals surface area contributed by atoms with Crippen LogP contribution < -0.4 is 9.47 Å². The maximum atomic E-state index is 13.3. The number of unbranched alkanes of at least 4 members (excludes halogenated alkanes) is 1. The summed E-state index contributed by atoms with van der Waals surface area (Å²) in [4.78, 5) is 28.1. The molecule has 0 bridgehead atoms. The van der Waals surface area contributed by atoms with Gasteiger partial charge in [0.15, 0.2) is 0 Å². The number of Topliss-reactive ketones (excluding diaryl/α,β-unsaturated/α-hetero) is 1. The molecule has 0 aromatic heterocycles. The van der Waals surface area contributed by atoms with Gasteiger partial charge in [0.25, 0.3) is 11.7 Å². The van der Waals surface area contributed by atoms with Gasteiger partial charge in [-0.15, -0.1) is 0 Å². The second-order valence-electron chi connectivity index (χ2n) is 9.06. The van der Waals surface area contributed by atoms with Crippen LogP contribution in [0.25, 0.3) is 5.76 Å². The van der Waals surface area contributed by atoms with Crippen molar-refractivity contribution in [1.82, 2.24) is 4.90 Å². The van der Waals surface area contributed by atoms with E-state index >= 15 is 0 Å². The van der Waals surface area contributed by atoms with Gasteiger partial charge in [0, 0.05) is 12.1 Å². The fourth-order valence-corrected chi connectivity index (χ4v) is 4.33. The Balaban J connectivity index is 1.72. The van der Waals surface area contributed by atoms with Crippen molar-refractivity contribution in [3.05, 3.63) is 101 Å². The number of aliphatic hydroxyl groups is 1. The number of rotatable bonds is 11. The first-order valence-electron chi connectivity index (χ1n) is 12.8. The molecule has 1 heterocycles. The number of ketones is 1. The van der Waals surface area contributed by atoms with Crippen LogP contribution in [0.1, 0.15) is 55.8 Å². The summed E-state index contributed by atoms with van der Waals surface area (Å²) in [5.74, 6) is -0.142. The first-order chi connectivity index (χ1) is 18.0. The van der Waals surface area contributed by atoms with Crippen LogP contribution >= 0.6 is 0 Å². The highest BCUT2D eigenvalue weighted by atomic mass is 16.5. The van der Waals surface area contributed by atoms with E-state index < -0.39 is 17.7 Å². The predicted molar refractivity (Wildman–Crippen MR) is 143 cm³/mol. The van der Waals surface area contributed by atoms with E-state index in [1.54, 1.807) is 24.3 Å². The Morgan fingerprint density at radius 2 is 1.43 bits per heavy atom. The van der Waals surface area contributed by atoms with Crippen LogP contribution in [-0.4, -0.2) is 34.9 Å². The monoisotopic (exact) mass is 499 g/mol. The molecule has 4 rings (SSSR count). The van der Waals surface area contributed by atoms with Gasteiger partial charge < -0.3 is 19.5 Å². The summed E-state index contributed by atoms with van der Waals surface area (Å²) in [5, 5.41) is 11.3. The summed E-state index contributed by atoms with van der Waals surface area (Å²) in [7, 11) is 0. The summed E-state index contributed by atoms with van der Waals surface area (Å²) in [6, 6.07) is 23.1. The predicted octanol–water partition coefficient (Wildman–Crippen LogP) is 6.28. The van der Waals surface area contributed by atoms with Crippen LogP contribution in [0.4, 0.5) is 0 Å². The van der Waals surface area contributed by atoms with Crippen LogP contribution in [0.5, 0.6) is 11.5 Å². The Morgan fingerprint density at radius 3 is 2.05 bits per heavy atom. The lowest BCUT2D eigenvalue weighted by molar-refractivity contribution is -0.140. The molecule has 1 aliphatic rings. The molecule has 0 aliphatic carbocycles. The molecule has 3 aromatic carbocycles. The number of amides is 1. The van der Waals surface area contributed by atoms with E-state index in [9.17, 15) is 14.7 Å². The summed E-state index contributed by atoms with van der Waals surface area (Å²) in [5.41, 5.74) is 2.14. The van der Waals surface area contributed by atoms with Gasteiger partial charge in [-0.2, -0.15) is 0 Å². The quantitative estimate of drug-likeness (QED) is 0.146. The molecule has 1 fully saturated rings. The first-order valence-corrected chi connectivity index (χ1v) is 12.8. The van der Waals surface area contributed by atoms with Crippen molar-refractivity contribution in [1.29, 1.82) is 0 Å². The molecule has 1 amide bonds. The third-order valence-electron chi connectivity index (χ3n) is 6.30. The van der Waals surface area contributed by atoms with Crippen LogP contribution in [0, 0.1) is 0 Å². The lowest BCUT2D eigenvalue weighted by Crippen LogP contribution is -2.29. The number of carbonyl (C=O) groups is 2. The molecule has 0 spiro atoms. The number of ether oxygens (including phenoxy) is 2. The van der Waals surface area contributed by atoms with Gasteiger partial charge in [0.2, 0.25) is 0 Å². The van der Waals surface area contributed by atoms with E-state index in [4.69, 9.17) is 9.47 Å². The zero-order valence-corrected chi connectivity index (χ0v) is 21.4. The molecular weight excluding hydrogens is 466 g/mol. The van der Waals surface area contributed by atoms with Crippen LogP contribution in [0.2, 0.25) is 0 Å². The summed E-state index contributed by atoms with van der Waals surface area (Å²) < 4.78 is 11.4. The van der Waals surface area contributed by atoms with Gasteiger partial charge in [-0.3, -0.25) is 9.59 Å². The molecular formula is C31H33NO5. The maximum Gasteiger partial charge on any atom is 0.295 e. The molecule has 1 atom stereocenters. The van der Waals surface area contributed by atoms with Crippen molar-refractivity contribution in [3.63, 3.8) is 0 Å². The molecule has 0 saturated carbocycles. The normalized spacial score (nSPS) is 16.7. The van der Waals surface area contributed by atoms with Gasteiger partial charge in [-0.25, -0.2) is 0 Å². The smallest absolute Gasteiger partial charge is 0.295 e. The minimum absolute atomic E-state index is 0.0720. The lowest BCUT2D eigenvalue weighted by Gasteiger charge is -2.25. The van der Waals surface area contributed by atoms with Crippen molar-refractivity contribution in [2.45, 2.75) is 45.7 Å². The molecule has 6 heteroatoms. The average Bonchev–Trinajstić information content (AvgIpc) is 3.18. The van der Waals surface area contributed by atoms with E-state index in [0.717, 1.165) is 36.1 Å². The highest BCUT2D eigenvalue weighted by Gasteiger charge is 2.46. The molecule has 1 unspecified atom stereocenters. The minimum Gasteiger partial charge on any atom is -0.507 e. The fraction of sp³-hybridized carbons (Fsp3) is 0.290. The summed E-state index contributed by atoms with van der Waals surface area (Å²) in [6.45, 7) is 5.59. The zero-order valence-electron chi connectivity index (χ0n) is 21.4. The summed E-state index contributed by atoms with van der Waals surface area (Å²) >= 11 is 0. The van der Waals surface area contributed by atoms with Crippen molar-refractivity contribution in [3.8, 4) is 11.5 Å². The van der Waals surface area contributed by atoms with E-state index in [-0.39, 0.29) is 17.9 Å². The van der Waals surface area contributed by atoms with E-state index in [0.29, 0.717) is 24.5 Å². The zero-order chi connectivity index (χ0) is 26.2. The topological polar surface area (TPSA) is 76.1 Å². The minimum atomic E-state index is -0.735. The number of nitrogens with zero attached hydrogens (tertiary/aromatic N) is 1. The second-order valence-corrected chi connectivity index (χ2v) is 9.06. The first kappa shape index (κ1) is 26.0. The van der Waals surface area contributed by atoms with Gasteiger partial charge in [-0.1, -0.05) is 62.7 Å². The van der Waals surface area contributed by atoms with Crippen LogP contribution in [0.15, 0.2) is 84.4 Å². The molecule has 37 heavy (non-hydrogen) atoms. The number of hydrogen-bond acceptors (Lipinski definition) is 5. The Morgan fingerprint density at radius 1 is 0.811 bits per heavy atom. The molecule has 0 radical (unpaired) electrons. The average molecular weight is 500 g/mol. The number of likely N-dealkylation sites (tertiary alicyclic amines) is 1. The van der Waals surface area contributed by atoms with Gasteiger partial charge in [0.05, 0.1) is 24.8 Å². The van der Waals surface area contributed by atoms with Gasteiger partial charge in [0.1, 0.15) is 17.3 Å². The SMILES string of the molecule is CCCCOc1ccc(C2/C(=C(\O)c3ccc(OCCC)cc3)C(=O)C(=O)N2Cc2ccccc2)cc1. The number of benzene rings is 3. The Hall–Kier alpha value is -4.06. The Bertz CT molecular complexity index is 1230. The van der Waals surface area contributed by atoms with Crippen LogP contribution in [-0.2, 0) is 16.1 Å². The summed E-state index contributed by atoms with van der Waals surface area (Å²) in [6.07, 6.45) is 2.88. The largest absolute Gasteiger partial charge is 0.507 e. The third-order valence-corrected chi connectivity index (χ3v) is 6.30. The standard InChI is InChI=1S/C31H33NO5/c1-3-5-20-37-26-15-11-23(12-16-26)28-27(29(33)24-13-17-25(18-14-24)36-19-4-2)30(34)31(35)32(28)21-22-9-7-6-8-10-22/h6-18,28,33H,3-5,19-21H2,1-2H3/b29-27+. The van der Waals surface area contributed by atoms with Crippen molar-refractivity contribution in [2.75, 3.05) is 13.2 Å². The number of carbonyl (C=O) groups excluding carboxylic acids is 2. The Kier molecular flexibility index (Phi) is 8.62. The van der Waals surface area contributed by atoms with Gasteiger partial charge >= 0.3 is 0 Å². The molecule has 192 valence electrons. The third kappa shape index (κ3) is 6.02. The van der Waals surface area contributed by atoms with Gasteiger partial charge in [-0.05, 0) is 60.4 Å².